The number of hydrogen-bond donors (Lipinski definition) is 1. The van der Waals surface area contributed by atoms with Crippen LogP contribution in [0.4, 0.5) is 5.69 Å². The van der Waals surface area contributed by atoms with Crippen molar-refractivity contribution in [1.29, 1.82) is 0 Å². The van der Waals surface area contributed by atoms with E-state index in [1.165, 1.54) is 6.07 Å². The molecule has 2 N–H and O–H groups in total. The minimum absolute atomic E-state index is 0.347. The van der Waals surface area contributed by atoms with E-state index in [0.717, 1.165) is 13.0 Å². The third-order valence-electron chi connectivity index (χ3n) is 2.58. The minimum atomic E-state index is -0.394. The van der Waals surface area contributed by atoms with Gasteiger partial charge < -0.3 is 15.0 Å². The Bertz CT molecular complexity index is 555. The van der Waals surface area contributed by atoms with Crippen LogP contribution in [0.25, 0.3) is 0 Å². The van der Waals surface area contributed by atoms with Gasteiger partial charge in [-0.2, -0.15) is 0 Å². The van der Waals surface area contributed by atoms with E-state index in [9.17, 15) is 4.79 Å². The molecule has 0 amide bonds. The molecule has 100 valence electrons. The minimum Gasteiger partial charge on any atom is -0.462 e. The van der Waals surface area contributed by atoms with Gasteiger partial charge in [0.15, 0.2) is 0 Å². The van der Waals surface area contributed by atoms with Crippen LogP contribution in [-0.2, 0) is 11.3 Å². The van der Waals surface area contributed by atoms with Crippen molar-refractivity contribution in [3.05, 3.63) is 47.5 Å². The SMILES string of the molecule is Nc1cc(C(=O)OCCCn2ccnc2)ccc1Cl. The van der Waals surface area contributed by atoms with E-state index >= 15 is 0 Å². The number of aryl methyl sites for hydroxylation is 1. The van der Waals surface area contributed by atoms with Crippen LogP contribution in [0.1, 0.15) is 16.8 Å². The first-order chi connectivity index (χ1) is 9.16. The number of esters is 1. The number of carbonyl (C=O) groups excluding carboxylic acids is 1. The molecule has 0 bridgehead atoms. The summed E-state index contributed by atoms with van der Waals surface area (Å²) in [6, 6.07) is 4.69. The van der Waals surface area contributed by atoms with Crippen LogP contribution in [0, 0.1) is 0 Å². The first kappa shape index (κ1) is 13.4. The monoisotopic (exact) mass is 279 g/mol. The summed E-state index contributed by atoms with van der Waals surface area (Å²) >= 11 is 5.78. The standard InChI is InChI=1S/C13H14ClN3O2/c14-11-3-2-10(8-12(11)15)13(18)19-7-1-5-17-6-4-16-9-17/h2-4,6,8-9H,1,5,7,15H2. The van der Waals surface area contributed by atoms with Gasteiger partial charge in [-0.1, -0.05) is 11.6 Å². The summed E-state index contributed by atoms with van der Waals surface area (Å²) in [7, 11) is 0. The van der Waals surface area contributed by atoms with Crippen molar-refractivity contribution in [3.63, 3.8) is 0 Å². The third kappa shape index (κ3) is 3.72. The lowest BCUT2D eigenvalue weighted by Gasteiger charge is -2.06. The highest BCUT2D eigenvalue weighted by Crippen LogP contribution is 2.19. The van der Waals surface area contributed by atoms with Crippen LogP contribution in [0.15, 0.2) is 36.9 Å². The lowest BCUT2D eigenvalue weighted by molar-refractivity contribution is 0.0496. The number of benzene rings is 1. The maximum atomic E-state index is 11.7. The fourth-order valence-corrected chi connectivity index (χ4v) is 1.70. The lowest BCUT2D eigenvalue weighted by Crippen LogP contribution is -2.08. The van der Waals surface area contributed by atoms with Crippen molar-refractivity contribution >= 4 is 23.3 Å². The molecule has 0 radical (unpaired) electrons. The molecule has 0 fully saturated rings. The number of halogens is 1. The molecule has 0 saturated heterocycles. The molecule has 0 saturated carbocycles. The van der Waals surface area contributed by atoms with E-state index in [2.05, 4.69) is 4.98 Å². The summed E-state index contributed by atoms with van der Waals surface area (Å²) in [5.41, 5.74) is 6.40. The normalized spacial score (nSPS) is 10.4. The smallest absolute Gasteiger partial charge is 0.338 e. The van der Waals surface area contributed by atoms with Crippen molar-refractivity contribution in [3.8, 4) is 0 Å². The number of nitrogens with two attached hydrogens (primary N) is 1. The number of imidazole rings is 1. The molecule has 5 nitrogen and oxygen atoms in total. The molecule has 6 heteroatoms. The van der Waals surface area contributed by atoms with E-state index in [1.807, 2.05) is 10.8 Å². The van der Waals surface area contributed by atoms with E-state index < -0.39 is 5.97 Å². The van der Waals surface area contributed by atoms with Crippen LogP contribution in [0.5, 0.6) is 0 Å². The van der Waals surface area contributed by atoms with Gasteiger partial charge in [0.25, 0.3) is 0 Å². The van der Waals surface area contributed by atoms with E-state index in [0.29, 0.717) is 22.9 Å². The Kier molecular flexibility index (Phi) is 4.41. The van der Waals surface area contributed by atoms with Crippen molar-refractivity contribution in [1.82, 2.24) is 9.55 Å². The average molecular weight is 280 g/mol. The number of ether oxygens (including phenoxy) is 1. The molecule has 0 spiro atoms. The highest BCUT2D eigenvalue weighted by Gasteiger charge is 2.08. The fraction of sp³-hybridized carbons (Fsp3) is 0.231. The quantitative estimate of drug-likeness (QED) is 0.518. The second kappa shape index (κ2) is 6.24. The molecular formula is C13H14ClN3O2. The number of nitrogen functional groups attached to an aromatic ring is 1. The molecule has 2 aromatic rings. The van der Waals surface area contributed by atoms with Crippen LogP contribution in [0.3, 0.4) is 0 Å². The molecule has 0 atom stereocenters. The number of carbonyl (C=O) groups is 1. The first-order valence-electron chi connectivity index (χ1n) is 5.84. The molecule has 0 aliphatic heterocycles. The topological polar surface area (TPSA) is 70.1 Å². The second-order valence-electron chi connectivity index (χ2n) is 4.03. The van der Waals surface area contributed by atoms with Gasteiger partial charge in [0.05, 0.1) is 29.2 Å². The molecule has 1 aromatic heterocycles. The summed E-state index contributed by atoms with van der Waals surface area (Å²) in [5, 5.41) is 0.427. The van der Waals surface area contributed by atoms with Gasteiger partial charge in [0.1, 0.15) is 0 Å². The van der Waals surface area contributed by atoms with Crippen molar-refractivity contribution in [2.24, 2.45) is 0 Å². The van der Waals surface area contributed by atoms with E-state index in [1.54, 1.807) is 24.7 Å². The number of nitrogens with zero attached hydrogens (tertiary/aromatic N) is 2. The van der Waals surface area contributed by atoms with Gasteiger partial charge in [-0.05, 0) is 24.6 Å². The van der Waals surface area contributed by atoms with E-state index in [4.69, 9.17) is 22.1 Å². The zero-order chi connectivity index (χ0) is 13.7. The Morgan fingerprint density at radius 2 is 2.32 bits per heavy atom. The van der Waals surface area contributed by atoms with Crippen molar-refractivity contribution < 1.29 is 9.53 Å². The molecule has 0 aliphatic carbocycles. The first-order valence-corrected chi connectivity index (χ1v) is 6.22. The third-order valence-corrected chi connectivity index (χ3v) is 2.93. The zero-order valence-corrected chi connectivity index (χ0v) is 11.0. The number of anilines is 1. The van der Waals surface area contributed by atoms with Gasteiger partial charge in [0.2, 0.25) is 0 Å². The Balaban J connectivity index is 1.79. The average Bonchev–Trinajstić information content (AvgIpc) is 2.91. The molecule has 19 heavy (non-hydrogen) atoms. The Labute approximate surface area is 116 Å². The van der Waals surface area contributed by atoms with Gasteiger partial charge in [-0.25, -0.2) is 9.78 Å². The summed E-state index contributed by atoms with van der Waals surface area (Å²) < 4.78 is 7.07. The zero-order valence-electron chi connectivity index (χ0n) is 10.3. The summed E-state index contributed by atoms with van der Waals surface area (Å²) in [4.78, 5) is 15.7. The summed E-state index contributed by atoms with van der Waals surface area (Å²) in [6.45, 7) is 1.11. The van der Waals surface area contributed by atoms with Gasteiger partial charge in [0, 0.05) is 18.9 Å². The van der Waals surface area contributed by atoms with Crippen LogP contribution in [0.2, 0.25) is 5.02 Å². The predicted octanol–water partition coefficient (Wildman–Crippen LogP) is 2.37. The van der Waals surface area contributed by atoms with Gasteiger partial charge in [-0.3, -0.25) is 0 Å². The maximum Gasteiger partial charge on any atom is 0.338 e. The Morgan fingerprint density at radius 3 is 3.00 bits per heavy atom. The lowest BCUT2D eigenvalue weighted by atomic mass is 10.2. The number of hydrogen-bond acceptors (Lipinski definition) is 4. The number of aromatic nitrogens is 2. The fourth-order valence-electron chi connectivity index (χ4n) is 1.59. The van der Waals surface area contributed by atoms with Gasteiger partial charge in [-0.15, -0.1) is 0 Å². The van der Waals surface area contributed by atoms with Crippen molar-refractivity contribution in [2.75, 3.05) is 12.3 Å². The van der Waals surface area contributed by atoms with Crippen LogP contribution in [-0.4, -0.2) is 22.1 Å². The van der Waals surface area contributed by atoms with Crippen molar-refractivity contribution in [2.45, 2.75) is 13.0 Å². The van der Waals surface area contributed by atoms with Gasteiger partial charge >= 0.3 is 5.97 Å². The molecule has 0 unspecified atom stereocenters. The highest BCUT2D eigenvalue weighted by molar-refractivity contribution is 6.33. The Hall–Kier alpha value is -2.01. The summed E-state index contributed by atoms with van der Waals surface area (Å²) in [5.74, 6) is -0.394. The van der Waals surface area contributed by atoms with Crippen LogP contribution < -0.4 is 5.73 Å². The molecule has 1 aromatic carbocycles. The maximum absolute atomic E-state index is 11.7. The molecule has 2 rings (SSSR count). The second-order valence-corrected chi connectivity index (χ2v) is 4.43. The Morgan fingerprint density at radius 1 is 1.47 bits per heavy atom. The highest BCUT2D eigenvalue weighted by atomic mass is 35.5. The largest absolute Gasteiger partial charge is 0.462 e. The van der Waals surface area contributed by atoms with E-state index in [-0.39, 0.29) is 0 Å². The summed E-state index contributed by atoms with van der Waals surface area (Å²) in [6.07, 6.45) is 6.02. The predicted molar refractivity (Wildman–Crippen MR) is 73.0 cm³/mol. The van der Waals surface area contributed by atoms with Crippen LogP contribution >= 0.6 is 11.6 Å². The number of rotatable bonds is 5. The molecular weight excluding hydrogens is 266 g/mol. The molecule has 0 aliphatic rings. The molecule has 1 heterocycles.